The molecule has 1 fully saturated rings. The van der Waals surface area contributed by atoms with Crippen molar-refractivity contribution in [1.29, 1.82) is 0 Å². The summed E-state index contributed by atoms with van der Waals surface area (Å²) in [6.07, 6.45) is 1.87. The molecule has 0 aromatic carbocycles. The molecule has 19 heavy (non-hydrogen) atoms. The molecule has 0 saturated carbocycles. The first-order valence-corrected chi connectivity index (χ1v) is 7.98. The Labute approximate surface area is 116 Å². The normalized spacial score (nSPS) is 21.3. The van der Waals surface area contributed by atoms with Crippen LogP contribution in [0.25, 0.3) is 0 Å². The number of nitrogens with one attached hydrogen (secondary N) is 1. The van der Waals surface area contributed by atoms with Crippen LogP contribution < -0.4 is 5.32 Å². The number of anilines is 1. The molecule has 2 heterocycles. The van der Waals surface area contributed by atoms with Crippen LogP contribution in [-0.2, 0) is 9.84 Å². The van der Waals surface area contributed by atoms with E-state index in [-0.39, 0.29) is 28.8 Å². The van der Waals surface area contributed by atoms with Crippen molar-refractivity contribution in [3.05, 3.63) is 16.5 Å². The van der Waals surface area contributed by atoms with E-state index >= 15 is 0 Å². The van der Waals surface area contributed by atoms with E-state index in [1.165, 1.54) is 0 Å². The fourth-order valence-electron chi connectivity index (χ4n) is 2.08. The Morgan fingerprint density at radius 1 is 1.47 bits per heavy atom. The summed E-state index contributed by atoms with van der Waals surface area (Å²) in [7, 11) is -3.02. The fraction of sp³-hybridized carbons (Fsp3) is 0.545. The second-order valence-electron chi connectivity index (χ2n) is 4.45. The van der Waals surface area contributed by atoms with E-state index in [1.807, 2.05) is 0 Å². The molecule has 0 bridgehead atoms. The maximum atomic E-state index is 11.7. The fourth-order valence-corrected chi connectivity index (χ4v) is 4.11. The molecule has 0 amide bonds. The van der Waals surface area contributed by atoms with Crippen LogP contribution in [0.3, 0.4) is 0 Å². The number of aryl methyl sites for hydroxylation is 1. The summed E-state index contributed by atoms with van der Waals surface area (Å²) in [5.74, 6) is 0.936. The van der Waals surface area contributed by atoms with E-state index in [4.69, 9.17) is 11.6 Å². The molecule has 1 aliphatic heterocycles. The topological polar surface area (TPSA) is 89.0 Å². The van der Waals surface area contributed by atoms with E-state index in [1.54, 1.807) is 6.92 Å². The maximum Gasteiger partial charge on any atom is 0.156 e. The molecule has 0 radical (unpaired) electrons. The summed E-state index contributed by atoms with van der Waals surface area (Å²) in [5, 5.41) is 2.54. The Balaban J connectivity index is 2.18. The third-order valence-electron chi connectivity index (χ3n) is 3.09. The van der Waals surface area contributed by atoms with Crippen molar-refractivity contribution >= 4 is 33.5 Å². The first-order valence-electron chi connectivity index (χ1n) is 5.89. The highest BCUT2D eigenvalue weighted by molar-refractivity contribution is 7.92. The second kappa shape index (κ2) is 5.42. The molecule has 104 valence electrons. The number of carbonyl (C=O) groups excluding carboxylic acids is 1. The van der Waals surface area contributed by atoms with Crippen LogP contribution in [-0.4, -0.2) is 42.2 Å². The molecule has 2 rings (SSSR count). The van der Waals surface area contributed by atoms with Crippen LogP contribution in [0.5, 0.6) is 0 Å². The highest BCUT2D eigenvalue weighted by Gasteiger charge is 2.31. The molecule has 6 nitrogen and oxygen atoms in total. The predicted octanol–water partition coefficient (Wildman–Crippen LogP) is 1.24. The van der Waals surface area contributed by atoms with Gasteiger partial charge in [0.25, 0.3) is 0 Å². The largest absolute Gasteiger partial charge is 0.368 e. The monoisotopic (exact) mass is 303 g/mol. The molecule has 8 heteroatoms. The van der Waals surface area contributed by atoms with E-state index in [9.17, 15) is 13.2 Å². The number of halogens is 1. The Morgan fingerprint density at radius 2 is 2.21 bits per heavy atom. The lowest BCUT2D eigenvalue weighted by atomic mass is 10.2. The number of aldehydes is 1. The van der Waals surface area contributed by atoms with Gasteiger partial charge in [-0.25, -0.2) is 18.4 Å². The number of sulfone groups is 1. The van der Waals surface area contributed by atoms with Gasteiger partial charge in [-0.1, -0.05) is 11.6 Å². The summed E-state index contributed by atoms with van der Waals surface area (Å²) in [4.78, 5) is 18.9. The van der Waals surface area contributed by atoms with Gasteiger partial charge in [-0.2, -0.15) is 0 Å². The van der Waals surface area contributed by atoms with Crippen molar-refractivity contribution in [2.24, 2.45) is 0 Å². The standard InChI is InChI=1S/C11H14ClN3O3S/c1-7-14-10(12)9(6-16)11(15-7)13-5-8-3-2-4-19(8,17)18/h6,8H,2-5H2,1H3,(H,13,14,15). The van der Waals surface area contributed by atoms with Crippen molar-refractivity contribution in [1.82, 2.24) is 9.97 Å². The average molecular weight is 304 g/mol. The molecule has 1 aromatic rings. The molecule has 1 N–H and O–H groups in total. The van der Waals surface area contributed by atoms with Gasteiger partial charge in [0.15, 0.2) is 16.1 Å². The van der Waals surface area contributed by atoms with Crippen LogP contribution in [0.1, 0.15) is 29.0 Å². The Morgan fingerprint density at radius 3 is 2.79 bits per heavy atom. The lowest BCUT2D eigenvalue weighted by Gasteiger charge is -2.13. The summed E-state index contributed by atoms with van der Waals surface area (Å²) in [5.41, 5.74) is 0.155. The van der Waals surface area contributed by atoms with Gasteiger partial charge in [-0.05, 0) is 19.8 Å². The lowest BCUT2D eigenvalue weighted by Crippen LogP contribution is -2.26. The van der Waals surface area contributed by atoms with Gasteiger partial charge in [-0.3, -0.25) is 4.79 Å². The number of hydrogen-bond acceptors (Lipinski definition) is 6. The molecule has 1 unspecified atom stereocenters. The van der Waals surface area contributed by atoms with Crippen LogP contribution in [0.2, 0.25) is 5.15 Å². The Hall–Kier alpha value is -1.21. The first-order chi connectivity index (χ1) is 8.94. The molecule has 0 aliphatic carbocycles. The van der Waals surface area contributed by atoms with E-state index in [0.29, 0.717) is 25.0 Å². The SMILES string of the molecule is Cc1nc(Cl)c(C=O)c(NCC2CCCS2(=O)=O)n1. The zero-order valence-corrected chi connectivity index (χ0v) is 12.0. The Kier molecular flexibility index (Phi) is 4.05. The second-order valence-corrected chi connectivity index (χ2v) is 7.21. The number of carbonyl (C=O) groups is 1. The van der Waals surface area contributed by atoms with Gasteiger partial charge in [0.05, 0.1) is 16.6 Å². The maximum absolute atomic E-state index is 11.7. The molecular formula is C11H14ClN3O3S. The van der Waals surface area contributed by atoms with Crippen molar-refractivity contribution in [3.8, 4) is 0 Å². The Bertz CT molecular complexity index is 603. The zero-order chi connectivity index (χ0) is 14.0. The molecule has 1 saturated heterocycles. The average Bonchev–Trinajstić information content (AvgIpc) is 2.65. The van der Waals surface area contributed by atoms with Gasteiger partial charge >= 0.3 is 0 Å². The molecule has 1 aliphatic rings. The third kappa shape index (κ3) is 3.03. The highest BCUT2D eigenvalue weighted by Crippen LogP contribution is 2.23. The summed E-state index contributed by atoms with van der Waals surface area (Å²) < 4.78 is 23.4. The summed E-state index contributed by atoms with van der Waals surface area (Å²) in [6, 6.07) is 0. The number of nitrogens with zero attached hydrogens (tertiary/aromatic N) is 2. The van der Waals surface area contributed by atoms with E-state index in [2.05, 4.69) is 15.3 Å². The molecule has 0 spiro atoms. The van der Waals surface area contributed by atoms with Crippen molar-refractivity contribution in [3.63, 3.8) is 0 Å². The van der Waals surface area contributed by atoms with Crippen molar-refractivity contribution < 1.29 is 13.2 Å². The van der Waals surface area contributed by atoms with Gasteiger partial charge < -0.3 is 5.32 Å². The third-order valence-corrected chi connectivity index (χ3v) is 5.65. The molecular weight excluding hydrogens is 290 g/mol. The molecule has 1 atom stereocenters. The minimum Gasteiger partial charge on any atom is -0.368 e. The van der Waals surface area contributed by atoms with Gasteiger partial charge in [0.1, 0.15) is 16.8 Å². The van der Waals surface area contributed by atoms with E-state index < -0.39 is 15.1 Å². The minimum atomic E-state index is -3.02. The highest BCUT2D eigenvalue weighted by atomic mass is 35.5. The zero-order valence-electron chi connectivity index (χ0n) is 10.4. The van der Waals surface area contributed by atoms with Crippen LogP contribution >= 0.6 is 11.6 Å². The molecule has 1 aromatic heterocycles. The predicted molar refractivity (Wildman–Crippen MR) is 72.5 cm³/mol. The lowest BCUT2D eigenvalue weighted by molar-refractivity contribution is 0.112. The van der Waals surface area contributed by atoms with E-state index in [0.717, 1.165) is 0 Å². The van der Waals surface area contributed by atoms with Crippen LogP contribution in [0, 0.1) is 6.92 Å². The summed E-state index contributed by atoms with van der Waals surface area (Å²) >= 11 is 5.85. The van der Waals surface area contributed by atoms with Gasteiger partial charge in [0, 0.05) is 6.54 Å². The number of aromatic nitrogens is 2. The number of hydrogen-bond donors (Lipinski definition) is 1. The van der Waals surface area contributed by atoms with Crippen molar-refractivity contribution in [2.75, 3.05) is 17.6 Å². The van der Waals surface area contributed by atoms with Gasteiger partial charge in [-0.15, -0.1) is 0 Å². The van der Waals surface area contributed by atoms with Crippen LogP contribution in [0.15, 0.2) is 0 Å². The quantitative estimate of drug-likeness (QED) is 0.665. The summed E-state index contributed by atoms with van der Waals surface area (Å²) in [6.45, 7) is 1.88. The van der Waals surface area contributed by atoms with Crippen LogP contribution in [0.4, 0.5) is 5.82 Å². The minimum absolute atomic E-state index is 0.0688. The number of rotatable bonds is 4. The first kappa shape index (κ1) is 14.2. The van der Waals surface area contributed by atoms with Crippen molar-refractivity contribution in [2.45, 2.75) is 25.0 Å². The smallest absolute Gasteiger partial charge is 0.156 e. The van der Waals surface area contributed by atoms with Gasteiger partial charge in [0.2, 0.25) is 0 Å².